The lowest BCUT2D eigenvalue weighted by molar-refractivity contribution is -0.146. The van der Waals surface area contributed by atoms with E-state index in [-0.39, 0.29) is 30.8 Å². The number of likely N-dealkylation sites (tertiary alicyclic amines) is 1. The predicted molar refractivity (Wildman–Crippen MR) is 95.6 cm³/mol. The van der Waals surface area contributed by atoms with Crippen molar-refractivity contribution >= 4 is 22.6 Å². The predicted octanol–water partition coefficient (Wildman–Crippen LogP) is 2.34. The van der Waals surface area contributed by atoms with Crippen molar-refractivity contribution in [1.29, 1.82) is 0 Å². The van der Waals surface area contributed by atoms with Gasteiger partial charge in [-0.2, -0.15) is 5.10 Å². The van der Waals surface area contributed by atoms with Crippen LogP contribution in [0, 0.1) is 0 Å². The number of carbonyl (C=O) groups excluding carboxylic acids is 2. The fourth-order valence-corrected chi connectivity index (χ4v) is 3.07. The second-order valence-corrected chi connectivity index (χ2v) is 6.24. The van der Waals surface area contributed by atoms with Crippen LogP contribution in [0.2, 0.25) is 0 Å². The Bertz CT molecular complexity index is 767. The third-order valence-electron chi connectivity index (χ3n) is 4.46. The molecule has 0 radical (unpaired) electrons. The van der Waals surface area contributed by atoms with Crippen molar-refractivity contribution < 1.29 is 19.1 Å². The van der Waals surface area contributed by atoms with Crippen LogP contribution >= 0.6 is 0 Å². The molecule has 0 atom stereocenters. The number of esters is 1. The molecular formula is C19H23N3O4. The first-order valence-electron chi connectivity index (χ1n) is 8.98. The second kappa shape index (κ2) is 8.60. The van der Waals surface area contributed by atoms with Crippen LogP contribution in [0.25, 0.3) is 10.8 Å². The topological polar surface area (TPSA) is 81.6 Å². The van der Waals surface area contributed by atoms with E-state index in [2.05, 4.69) is 10.2 Å². The number of ether oxygens (including phenoxy) is 2. The van der Waals surface area contributed by atoms with Gasteiger partial charge in [-0.05, 0) is 13.0 Å². The first-order chi connectivity index (χ1) is 12.7. The fourth-order valence-electron chi connectivity index (χ4n) is 3.07. The highest BCUT2D eigenvalue weighted by Gasteiger charge is 2.25. The quantitative estimate of drug-likeness (QED) is 0.738. The van der Waals surface area contributed by atoms with Crippen molar-refractivity contribution in [2.24, 2.45) is 0 Å². The van der Waals surface area contributed by atoms with E-state index in [0.29, 0.717) is 25.6 Å². The van der Waals surface area contributed by atoms with Gasteiger partial charge in [-0.1, -0.05) is 18.2 Å². The van der Waals surface area contributed by atoms with Gasteiger partial charge in [0.1, 0.15) is 6.10 Å². The molecule has 26 heavy (non-hydrogen) atoms. The zero-order valence-corrected chi connectivity index (χ0v) is 14.9. The summed E-state index contributed by atoms with van der Waals surface area (Å²) in [7, 11) is 0. The summed E-state index contributed by atoms with van der Waals surface area (Å²) in [6.07, 6.45) is 3.51. The lowest BCUT2D eigenvalue weighted by Gasteiger charge is -2.32. The summed E-state index contributed by atoms with van der Waals surface area (Å²) >= 11 is 0. The van der Waals surface area contributed by atoms with E-state index in [9.17, 15) is 9.59 Å². The summed E-state index contributed by atoms with van der Waals surface area (Å²) < 4.78 is 10.9. The molecule has 1 amide bonds. The summed E-state index contributed by atoms with van der Waals surface area (Å²) in [5.41, 5.74) is 0. The zero-order valence-electron chi connectivity index (χ0n) is 14.9. The van der Waals surface area contributed by atoms with Crippen molar-refractivity contribution in [2.75, 3.05) is 19.7 Å². The van der Waals surface area contributed by atoms with Crippen LogP contribution in [0.5, 0.6) is 5.88 Å². The molecule has 0 saturated carbocycles. The number of fused-ring (bicyclic) bond motifs is 1. The van der Waals surface area contributed by atoms with Gasteiger partial charge in [0.2, 0.25) is 11.8 Å². The first-order valence-corrected chi connectivity index (χ1v) is 8.98. The highest BCUT2D eigenvalue weighted by Crippen LogP contribution is 2.25. The minimum Gasteiger partial charge on any atom is -0.473 e. The fraction of sp³-hybridized carbons (Fsp3) is 0.474. The Morgan fingerprint density at radius 2 is 1.96 bits per heavy atom. The minimum absolute atomic E-state index is 0.00390. The van der Waals surface area contributed by atoms with E-state index in [1.54, 1.807) is 18.0 Å². The van der Waals surface area contributed by atoms with Gasteiger partial charge in [0.25, 0.3) is 0 Å². The highest BCUT2D eigenvalue weighted by atomic mass is 16.5. The molecule has 0 bridgehead atoms. The molecule has 0 unspecified atom stereocenters. The van der Waals surface area contributed by atoms with E-state index in [1.807, 2.05) is 24.3 Å². The Kier molecular flexibility index (Phi) is 5.99. The van der Waals surface area contributed by atoms with Gasteiger partial charge in [0.05, 0.1) is 19.2 Å². The Labute approximate surface area is 152 Å². The maximum atomic E-state index is 12.2. The Balaban J connectivity index is 1.50. The van der Waals surface area contributed by atoms with Crippen molar-refractivity contribution in [2.45, 2.75) is 38.7 Å². The number of hydrogen-bond donors (Lipinski definition) is 0. The second-order valence-electron chi connectivity index (χ2n) is 6.24. The lowest BCUT2D eigenvalue weighted by atomic mass is 10.1. The molecule has 3 rings (SSSR count). The van der Waals surface area contributed by atoms with Gasteiger partial charge in [-0.25, -0.2) is 0 Å². The molecule has 138 valence electrons. The standard InChI is InChI=1S/C19H23N3O4/c1-2-25-18(24)8-7-17(23)22-11-9-15(10-12-22)26-19-16-6-4-3-5-14(16)13-20-21-19/h3-6,13,15H,2,7-12H2,1H3. The number of nitrogens with zero attached hydrogens (tertiary/aromatic N) is 3. The van der Waals surface area contributed by atoms with Crippen LogP contribution in [0.15, 0.2) is 30.5 Å². The van der Waals surface area contributed by atoms with Crippen molar-refractivity contribution in [3.8, 4) is 5.88 Å². The Morgan fingerprint density at radius 3 is 2.73 bits per heavy atom. The molecule has 2 heterocycles. The normalized spacial score (nSPS) is 15.0. The maximum Gasteiger partial charge on any atom is 0.306 e. The van der Waals surface area contributed by atoms with E-state index in [4.69, 9.17) is 9.47 Å². The molecule has 1 fully saturated rings. The first kappa shape index (κ1) is 18.1. The van der Waals surface area contributed by atoms with Crippen LogP contribution in [0.4, 0.5) is 0 Å². The van der Waals surface area contributed by atoms with E-state index >= 15 is 0 Å². The van der Waals surface area contributed by atoms with Crippen LogP contribution < -0.4 is 4.74 Å². The van der Waals surface area contributed by atoms with Crippen LogP contribution in [0.3, 0.4) is 0 Å². The molecule has 0 spiro atoms. The summed E-state index contributed by atoms with van der Waals surface area (Å²) in [6, 6.07) is 7.84. The van der Waals surface area contributed by atoms with Crippen molar-refractivity contribution in [3.63, 3.8) is 0 Å². The molecule has 7 heteroatoms. The number of piperidine rings is 1. The SMILES string of the molecule is CCOC(=O)CCC(=O)N1CCC(Oc2nncc3ccccc23)CC1. The molecule has 1 aliphatic rings. The smallest absolute Gasteiger partial charge is 0.306 e. The number of carbonyl (C=O) groups is 2. The molecule has 1 aliphatic heterocycles. The Morgan fingerprint density at radius 1 is 1.19 bits per heavy atom. The van der Waals surface area contributed by atoms with Gasteiger partial charge >= 0.3 is 5.97 Å². The minimum atomic E-state index is -0.325. The summed E-state index contributed by atoms with van der Waals surface area (Å²) in [6.45, 7) is 3.33. The number of rotatable bonds is 6. The highest BCUT2D eigenvalue weighted by molar-refractivity contribution is 5.85. The molecular weight excluding hydrogens is 334 g/mol. The molecule has 2 aromatic rings. The lowest BCUT2D eigenvalue weighted by Crippen LogP contribution is -2.42. The number of benzene rings is 1. The van der Waals surface area contributed by atoms with Crippen LogP contribution in [0.1, 0.15) is 32.6 Å². The van der Waals surface area contributed by atoms with Gasteiger partial charge in [-0.3, -0.25) is 9.59 Å². The summed E-state index contributed by atoms with van der Waals surface area (Å²) in [4.78, 5) is 25.4. The van der Waals surface area contributed by atoms with Crippen LogP contribution in [-0.4, -0.2) is 52.8 Å². The average molecular weight is 357 g/mol. The van der Waals surface area contributed by atoms with Gasteiger partial charge < -0.3 is 14.4 Å². The van der Waals surface area contributed by atoms with Crippen molar-refractivity contribution in [1.82, 2.24) is 15.1 Å². The van der Waals surface area contributed by atoms with Gasteiger partial charge in [-0.15, -0.1) is 5.10 Å². The Hall–Kier alpha value is -2.70. The largest absolute Gasteiger partial charge is 0.473 e. The monoisotopic (exact) mass is 357 g/mol. The molecule has 7 nitrogen and oxygen atoms in total. The maximum absolute atomic E-state index is 12.2. The third kappa shape index (κ3) is 4.47. The molecule has 1 aromatic carbocycles. The molecule has 1 aromatic heterocycles. The molecule has 1 saturated heterocycles. The number of hydrogen-bond acceptors (Lipinski definition) is 6. The van der Waals surface area contributed by atoms with Gasteiger partial charge in [0, 0.05) is 43.1 Å². The van der Waals surface area contributed by atoms with Gasteiger partial charge in [0.15, 0.2) is 0 Å². The summed E-state index contributed by atoms with van der Waals surface area (Å²) in [5, 5.41) is 10.0. The van der Waals surface area contributed by atoms with Crippen LogP contribution in [-0.2, 0) is 14.3 Å². The van der Waals surface area contributed by atoms with E-state index < -0.39 is 0 Å². The third-order valence-corrected chi connectivity index (χ3v) is 4.46. The molecule has 0 aliphatic carbocycles. The number of amides is 1. The van der Waals surface area contributed by atoms with E-state index in [0.717, 1.165) is 23.6 Å². The van der Waals surface area contributed by atoms with E-state index in [1.165, 1.54) is 0 Å². The van der Waals surface area contributed by atoms with Crippen molar-refractivity contribution in [3.05, 3.63) is 30.5 Å². The average Bonchev–Trinajstić information content (AvgIpc) is 2.67. The zero-order chi connectivity index (χ0) is 18.4. The summed E-state index contributed by atoms with van der Waals surface area (Å²) in [5.74, 6) is 0.199. The number of aromatic nitrogens is 2. The molecule has 0 N–H and O–H groups in total.